The van der Waals surface area contributed by atoms with Crippen LogP contribution in [-0.2, 0) is 9.53 Å². The van der Waals surface area contributed by atoms with Gasteiger partial charge in [-0.05, 0) is 31.0 Å². The van der Waals surface area contributed by atoms with E-state index in [-0.39, 0.29) is 18.5 Å². The molecule has 0 aromatic heterocycles. The van der Waals surface area contributed by atoms with Crippen LogP contribution >= 0.6 is 11.6 Å². The minimum atomic E-state index is -0.768. The van der Waals surface area contributed by atoms with Crippen LogP contribution in [0.4, 0.5) is 0 Å². The molecule has 1 amide bonds. The van der Waals surface area contributed by atoms with Crippen LogP contribution in [0.25, 0.3) is 0 Å². The molecule has 0 atom stereocenters. The Morgan fingerprint density at radius 2 is 2.00 bits per heavy atom. The molecule has 1 aromatic rings. The third-order valence-electron chi connectivity index (χ3n) is 4.44. The van der Waals surface area contributed by atoms with E-state index in [4.69, 9.17) is 16.3 Å². The first kappa shape index (κ1) is 14.4. The molecule has 1 aliphatic heterocycles. The zero-order valence-electron chi connectivity index (χ0n) is 11.8. The van der Waals surface area contributed by atoms with E-state index in [9.17, 15) is 9.59 Å². The van der Waals surface area contributed by atoms with E-state index in [1.165, 1.54) is 0 Å². The summed E-state index contributed by atoms with van der Waals surface area (Å²) in [5.74, 6) is -0.375. The number of carbonyl (C=O) groups is 2. The fourth-order valence-electron chi connectivity index (χ4n) is 3.37. The molecule has 3 rings (SSSR count). The Balaban J connectivity index is 1.94. The SMILES string of the molecule is O=C(c1cccc(Cl)c1)N1CCOC(=O)C12CCCCC2. The predicted octanol–water partition coefficient (Wildman–Crippen LogP) is 3.04. The number of halogens is 1. The minimum absolute atomic E-state index is 0.129. The number of amides is 1. The normalized spacial score (nSPS) is 21.2. The Kier molecular flexibility index (Phi) is 3.89. The number of morpholine rings is 1. The van der Waals surface area contributed by atoms with Crippen molar-refractivity contribution in [2.75, 3.05) is 13.2 Å². The van der Waals surface area contributed by atoms with Gasteiger partial charge in [-0.1, -0.05) is 36.9 Å². The van der Waals surface area contributed by atoms with E-state index >= 15 is 0 Å². The highest BCUT2D eigenvalue weighted by atomic mass is 35.5. The maximum Gasteiger partial charge on any atom is 0.332 e. The van der Waals surface area contributed by atoms with E-state index < -0.39 is 5.54 Å². The second kappa shape index (κ2) is 5.68. The molecule has 1 spiro atoms. The van der Waals surface area contributed by atoms with Gasteiger partial charge in [-0.15, -0.1) is 0 Å². The van der Waals surface area contributed by atoms with Crippen molar-refractivity contribution in [3.63, 3.8) is 0 Å². The molecular weight excluding hydrogens is 290 g/mol. The van der Waals surface area contributed by atoms with Gasteiger partial charge < -0.3 is 9.64 Å². The predicted molar refractivity (Wildman–Crippen MR) is 79.3 cm³/mol. The maximum absolute atomic E-state index is 12.8. The highest BCUT2D eigenvalue weighted by Crippen LogP contribution is 2.37. The highest BCUT2D eigenvalue weighted by molar-refractivity contribution is 6.31. The zero-order valence-corrected chi connectivity index (χ0v) is 12.6. The number of carbonyl (C=O) groups excluding carboxylic acids is 2. The van der Waals surface area contributed by atoms with Crippen molar-refractivity contribution < 1.29 is 14.3 Å². The van der Waals surface area contributed by atoms with Crippen LogP contribution in [0.2, 0.25) is 5.02 Å². The van der Waals surface area contributed by atoms with Gasteiger partial charge in [0.05, 0.1) is 6.54 Å². The second-order valence-electron chi connectivity index (χ2n) is 5.70. The zero-order chi connectivity index (χ0) is 14.9. The molecule has 0 unspecified atom stereocenters. The van der Waals surface area contributed by atoms with Crippen molar-refractivity contribution >= 4 is 23.5 Å². The van der Waals surface area contributed by atoms with Crippen LogP contribution in [0.15, 0.2) is 24.3 Å². The summed E-state index contributed by atoms with van der Waals surface area (Å²) in [4.78, 5) is 26.9. The molecule has 112 valence electrons. The van der Waals surface area contributed by atoms with Crippen molar-refractivity contribution in [1.82, 2.24) is 4.90 Å². The Bertz CT molecular complexity index is 566. The number of rotatable bonds is 1. The number of ether oxygens (including phenoxy) is 1. The first-order valence-corrected chi connectivity index (χ1v) is 7.76. The van der Waals surface area contributed by atoms with Gasteiger partial charge in [0.1, 0.15) is 12.1 Å². The van der Waals surface area contributed by atoms with Crippen LogP contribution in [0.5, 0.6) is 0 Å². The molecule has 1 saturated carbocycles. The summed E-state index contributed by atoms with van der Waals surface area (Å²) in [6.07, 6.45) is 4.40. The lowest BCUT2D eigenvalue weighted by Crippen LogP contribution is -2.62. The summed E-state index contributed by atoms with van der Waals surface area (Å²) in [6.45, 7) is 0.726. The second-order valence-corrected chi connectivity index (χ2v) is 6.13. The molecule has 0 bridgehead atoms. The van der Waals surface area contributed by atoms with Gasteiger partial charge in [-0.3, -0.25) is 4.79 Å². The summed E-state index contributed by atoms with van der Waals surface area (Å²) in [6, 6.07) is 6.88. The summed E-state index contributed by atoms with van der Waals surface area (Å²) in [7, 11) is 0. The Labute approximate surface area is 129 Å². The van der Waals surface area contributed by atoms with E-state index in [1.807, 2.05) is 0 Å². The maximum atomic E-state index is 12.8. The lowest BCUT2D eigenvalue weighted by atomic mass is 9.79. The third kappa shape index (κ3) is 2.53. The number of benzene rings is 1. The van der Waals surface area contributed by atoms with Crippen LogP contribution < -0.4 is 0 Å². The molecule has 5 heteroatoms. The number of cyclic esters (lactones) is 1. The minimum Gasteiger partial charge on any atom is -0.462 e. The van der Waals surface area contributed by atoms with Crippen molar-refractivity contribution in [3.8, 4) is 0 Å². The van der Waals surface area contributed by atoms with Crippen molar-refractivity contribution in [2.24, 2.45) is 0 Å². The van der Waals surface area contributed by atoms with Crippen molar-refractivity contribution in [1.29, 1.82) is 0 Å². The summed E-state index contributed by atoms with van der Waals surface area (Å²) in [5.41, 5.74) is -0.238. The molecule has 2 fully saturated rings. The topological polar surface area (TPSA) is 46.6 Å². The van der Waals surface area contributed by atoms with Crippen LogP contribution in [0, 0.1) is 0 Å². The Morgan fingerprint density at radius 3 is 2.71 bits per heavy atom. The molecule has 2 aliphatic rings. The molecule has 0 N–H and O–H groups in total. The number of esters is 1. The first-order valence-electron chi connectivity index (χ1n) is 7.38. The highest BCUT2D eigenvalue weighted by Gasteiger charge is 2.50. The average molecular weight is 308 g/mol. The molecule has 1 saturated heterocycles. The smallest absolute Gasteiger partial charge is 0.332 e. The largest absolute Gasteiger partial charge is 0.462 e. The number of hydrogen-bond donors (Lipinski definition) is 0. The summed E-state index contributed by atoms with van der Waals surface area (Å²) in [5, 5.41) is 0.526. The summed E-state index contributed by atoms with van der Waals surface area (Å²) >= 11 is 5.97. The van der Waals surface area contributed by atoms with E-state index in [0.717, 1.165) is 19.3 Å². The first-order chi connectivity index (χ1) is 10.1. The van der Waals surface area contributed by atoms with Gasteiger partial charge in [-0.25, -0.2) is 4.79 Å². The van der Waals surface area contributed by atoms with Gasteiger partial charge in [-0.2, -0.15) is 0 Å². The van der Waals surface area contributed by atoms with Gasteiger partial charge in [0, 0.05) is 10.6 Å². The molecule has 4 nitrogen and oxygen atoms in total. The Hall–Kier alpha value is -1.55. The molecular formula is C16H18ClNO3. The average Bonchev–Trinajstić information content (AvgIpc) is 2.50. The monoisotopic (exact) mass is 307 g/mol. The van der Waals surface area contributed by atoms with Crippen LogP contribution in [0.1, 0.15) is 42.5 Å². The van der Waals surface area contributed by atoms with Gasteiger partial charge in [0.2, 0.25) is 0 Å². The molecule has 21 heavy (non-hydrogen) atoms. The van der Waals surface area contributed by atoms with Gasteiger partial charge >= 0.3 is 5.97 Å². The quantitative estimate of drug-likeness (QED) is 0.749. The standard InChI is InChI=1S/C16H18ClNO3/c17-13-6-4-5-12(11-13)14(19)18-9-10-21-15(20)16(18)7-2-1-3-8-16/h4-6,11H,1-3,7-10H2. The number of nitrogens with zero attached hydrogens (tertiary/aromatic N) is 1. The Morgan fingerprint density at radius 1 is 1.24 bits per heavy atom. The van der Waals surface area contributed by atoms with E-state index in [2.05, 4.69) is 0 Å². The molecule has 1 aromatic carbocycles. The molecule has 1 aliphatic carbocycles. The van der Waals surface area contributed by atoms with Gasteiger partial charge in [0.15, 0.2) is 0 Å². The number of hydrogen-bond acceptors (Lipinski definition) is 3. The van der Waals surface area contributed by atoms with E-state index in [1.54, 1.807) is 29.2 Å². The van der Waals surface area contributed by atoms with Crippen LogP contribution in [0.3, 0.4) is 0 Å². The lowest BCUT2D eigenvalue weighted by Gasteiger charge is -2.47. The van der Waals surface area contributed by atoms with Crippen molar-refractivity contribution in [2.45, 2.75) is 37.6 Å². The lowest BCUT2D eigenvalue weighted by molar-refractivity contribution is -0.168. The third-order valence-corrected chi connectivity index (χ3v) is 4.68. The fraction of sp³-hybridized carbons (Fsp3) is 0.500. The fourth-order valence-corrected chi connectivity index (χ4v) is 3.56. The van der Waals surface area contributed by atoms with Crippen LogP contribution in [-0.4, -0.2) is 35.5 Å². The summed E-state index contributed by atoms with van der Waals surface area (Å²) < 4.78 is 5.25. The van der Waals surface area contributed by atoms with E-state index in [0.29, 0.717) is 30.0 Å². The van der Waals surface area contributed by atoms with Crippen molar-refractivity contribution in [3.05, 3.63) is 34.9 Å². The molecule has 0 radical (unpaired) electrons. The van der Waals surface area contributed by atoms with Gasteiger partial charge in [0.25, 0.3) is 5.91 Å². The molecule has 1 heterocycles.